The molecular formula is C29H47NO7. The topological polar surface area (TPSA) is 131 Å². The van der Waals surface area contributed by atoms with Gasteiger partial charge >= 0.3 is 5.97 Å². The molecule has 14 atom stereocenters. The normalized spacial score (nSPS) is 57.8. The quantitative estimate of drug-likeness (QED) is 0.329. The van der Waals surface area contributed by atoms with Gasteiger partial charge in [0.2, 0.25) is 0 Å². The number of aliphatic hydroxyl groups is 3. The summed E-state index contributed by atoms with van der Waals surface area (Å²) in [6.07, 6.45) is 6.23. The van der Waals surface area contributed by atoms with Crippen LogP contribution >= 0.6 is 0 Å². The van der Waals surface area contributed by atoms with E-state index in [0.717, 1.165) is 57.8 Å². The third kappa shape index (κ3) is 3.87. The van der Waals surface area contributed by atoms with Crippen LogP contribution in [0.5, 0.6) is 0 Å². The van der Waals surface area contributed by atoms with Crippen molar-refractivity contribution in [3.63, 3.8) is 0 Å². The lowest BCUT2D eigenvalue weighted by Crippen LogP contribution is -2.63. The number of aliphatic hydroxyl groups excluding tert-OH is 2. The molecule has 0 aromatic rings. The summed E-state index contributed by atoms with van der Waals surface area (Å²) in [5.41, 5.74) is 5.37. The minimum atomic E-state index is -1.05. The highest BCUT2D eigenvalue weighted by atomic mass is 16.7. The van der Waals surface area contributed by atoms with E-state index in [1.807, 2.05) is 0 Å². The van der Waals surface area contributed by atoms with E-state index in [1.54, 1.807) is 6.92 Å². The van der Waals surface area contributed by atoms with Gasteiger partial charge in [-0.25, -0.2) is 0 Å². The number of hydrogen-bond donors (Lipinski definition) is 4. The van der Waals surface area contributed by atoms with Crippen molar-refractivity contribution in [2.24, 2.45) is 46.2 Å². The standard InChI is InChI=1S/C29H47NO7/c1-15-24(32)23(30)25(33)26(36-15)37-18-6-9-27(2)17(13-18)4-5-21-20(27)7-10-28(3)19(8-11-29(21,28)34)16-12-22(31)35-14-16/h15-21,23-26,32-34H,4-14,30H2,1-3H3/t15-,16+,17-,18+,19-,20+,21-,23-,24-,25+,26-,27+,28-,29+/m1/s1. The molecule has 2 heterocycles. The Labute approximate surface area is 220 Å². The Hall–Kier alpha value is -0.770. The average Bonchev–Trinajstić information content (AvgIpc) is 3.41. The summed E-state index contributed by atoms with van der Waals surface area (Å²) in [5.74, 6) is 1.83. The second-order valence-corrected chi connectivity index (χ2v) is 14.0. The Bertz CT molecular complexity index is 901. The molecule has 0 spiro atoms. The number of ether oxygens (including phenoxy) is 3. The molecule has 8 nitrogen and oxygen atoms in total. The number of nitrogens with two attached hydrogens (primary N) is 1. The van der Waals surface area contributed by atoms with Gasteiger partial charge in [0.25, 0.3) is 0 Å². The lowest BCUT2D eigenvalue weighted by Gasteiger charge is -2.64. The minimum Gasteiger partial charge on any atom is -0.465 e. The van der Waals surface area contributed by atoms with Crippen LogP contribution in [-0.2, 0) is 19.0 Å². The first-order chi connectivity index (χ1) is 17.5. The highest BCUT2D eigenvalue weighted by molar-refractivity contribution is 5.71. The Morgan fingerprint density at radius 1 is 0.973 bits per heavy atom. The number of carbonyl (C=O) groups is 1. The number of esters is 1. The molecule has 2 aliphatic heterocycles. The second-order valence-electron chi connectivity index (χ2n) is 14.0. The van der Waals surface area contributed by atoms with Crippen LogP contribution in [0.4, 0.5) is 0 Å². The van der Waals surface area contributed by atoms with E-state index >= 15 is 0 Å². The number of rotatable bonds is 3. The van der Waals surface area contributed by atoms with Gasteiger partial charge in [-0.2, -0.15) is 0 Å². The SMILES string of the molecule is C[C@H]1O[C@H](O[C@H]2CC[C@@]3(C)[C@H](CC[C@@H]4[C@@H]3CC[C@]3(C)[C@@H]([C@@H]5COC(=O)C5)CC[C@]43O)C2)[C@@H](O)[C@H](N)[C@@H]1O. The van der Waals surface area contributed by atoms with Crippen LogP contribution in [0, 0.1) is 40.4 Å². The van der Waals surface area contributed by atoms with Gasteiger partial charge in [-0.3, -0.25) is 4.79 Å². The zero-order valence-electron chi connectivity index (χ0n) is 22.7. The molecule has 5 N–H and O–H groups in total. The first-order valence-electron chi connectivity index (χ1n) is 14.8. The molecule has 0 aromatic carbocycles. The van der Waals surface area contributed by atoms with E-state index in [0.29, 0.717) is 36.7 Å². The maximum absolute atomic E-state index is 12.4. The Morgan fingerprint density at radius 2 is 1.73 bits per heavy atom. The van der Waals surface area contributed by atoms with Crippen LogP contribution in [-0.4, -0.2) is 70.2 Å². The van der Waals surface area contributed by atoms with Gasteiger partial charge in [-0.1, -0.05) is 13.8 Å². The van der Waals surface area contributed by atoms with Crippen LogP contribution in [0.15, 0.2) is 0 Å². The van der Waals surface area contributed by atoms with Crippen LogP contribution in [0.3, 0.4) is 0 Å². The lowest BCUT2D eigenvalue weighted by molar-refractivity contribution is -0.289. The van der Waals surface area contributed by atoms with Crippen LogP contribution in [0.1, 0.15) is 85.0 Å². The van der Waals surface area contributed by atoms with Crippen molar-refractivity contribution in [2.75, 3.05) is 6.61 Å². The molecule has 210 valence electrons. The number of hydrogen-bond acceptors (Lipinski definition) is 8. The van der Waals surface area contributed by atoms with Crippen molar-refractivity contribution in [2.45, 2.75) is 127 Å². The highest BCUT2D eigenvalue weighted by Crippen LogP contribution is 2.70. The molecule has 0 radical (unpaired) electrons. The third-order valence-electron chi connectivity index (χ3n) is 12.6. The number of fused-ring (bicyclic) bond motifs is 5. The largest absolute Gasteiger partial charge is 0.465 e. The van der Waals surface area contributed by atoms with Crippen molar-refractivity contribution < 1.29 is 34.3 Å². The molecule has 6 fully saturated rings. The molecule has 0 bridgehead atoms. The maximum Gasteiger partial charge on any atom is 0.306 e. The predicted molar refractivity (Wildman–Crippen MR) is 135 cm³/mol. The lowest BCUT2D eigenvalue weighted by atomic mass is 9.43. The van der Waals surface area contributed by atoms with E-state index in [-0.39, 0.29) is 28.8 Å². The summed E-state index contributed by atoms with van der Waals surface area (Å²) in [5, 5.41) is 33.1. The van der Waals surface area contributed by atoms with Gasteiger partial charge in [0.05, 0.1) is 43.0 Å². The molecule has 4 aliphatic carbocycles. The van der Waals surface area contributed by atoms with Crippen LogP contribution < -0.4 is 5.73 Å². The summed E-state index contributed by atoms with van der Waals surface area (Å²) in [4.78, 5) is 11.9. The summed E-state index contributed by atoms with van der Waals surface area (Å²) < 4.78 is 17.4. The van der Waals surface area contributed by atoms with Gasteiger partial charge in [-0.15, -0.1) is 0 Å². The highest BCUT2D eigenvalue weighted by Gasteiger charge is 2.68. The molecule has 2 saturated heterocycles. The van der Waals surface area contributed by atoms with Gasteiger partial charge in [-0.05, 0) is 99.2 Å². The first-order valence-corrected chi connectivity index (χ1v) is 14.8. The fourth-order valence-electron chi connectivity index (χ4n) is 10.3. The second kappa shape index (κ2) is 9.13. The molecule has 6 rings (SSSR count). The van der Waals surface area contributed by atoms with E-state index in [9.17, 15) is 20.1 Å². The zero-order chi connectivity index (χ0) is 26.3. The van der Waals surface area contributed by atoms with E-state index in [1.165, 1.54) is 0 Å². The van der Waals surface area contributed by atoms with E-state index < -0.39 is 36.2 Å². The van der Waals surface area contributed by atoms with E-state index in [2.05, 4.69) is 13.8 Å². The fraction of sp³-hybridized carbons (Fsp3) is 0.966. The van der Waals surface area contributed by atoms with Gasteiger partial charge < -0.3 is 35.3 Å². The summed E-state index contributed by atoms with van der Waals surface area (Å²) in [6, 6.07) is -0.778. The minimum absolute atomic E-state index is 0.00312. The Balaban J connectivity index is 1.15. The average molecular weight is 522 g/mol. The molecule has 37 heavy (non-hydrogen) atoms. The molecule has 6 aliphatic rings. The van der Waals surface area contributed by atoms with Gasteiger partial charge in [0.1, 0.15) is 6.10 Å². The van der Waals surface area contributed by atoms with Crippen molar-refractivity contribution in [1.82, 2.24) is 0 Å². The Morgan fingerprint density at radius 3 is 2.46 bits per heavy atom. The Kier molecular flexibility index (Phi) is 6.53. The van der Waals surface area contributed by atoms with Gasteiger partial charge in [0.15, 0.2) is 6.29 Å². The van der Waals surface area contributed by atoms with Crippen LogP contribution in [0.25, 0.3) is 0 Å². The summed E-state index contributed by atoms with van der Waals surface area (Å²) in [6.45, 7) is 7.04. The molecular weight excluding hydrogens is 474 g/mol. The summed E-state index contributed by atoms with van der Waals surface area (Å²) in [7, 11) is 0. The van der Waals surface area contributed by atoms with Crippen LogP contribution in [0.2, 0.25) is 0 Å². The monoisotopic (exact) mass is 521 g/mol. The first kappa shape index (κ1) is 26.5. The molecule has 0 aromatic heterocycles. The van der Waals surface area contributed by atoms with Crippen molar-refractivity contribution in [1.29, 1.82) is 0 Å². The molecule has 0 unspecified atom stereocenters. The summed E-state index contributed by atoms with van der Waals surface area (Å²) >= 11 is 0. The molecule has 0 amide bonds. The van der Waals surface area contributed by atoms with Crippen molar-refractivity contribution in [3.05, 3.63) is 0 Å². The number of carbonyl (C=O) groups excluding carboxylic acids is 1. The maximum atomic E-state index is 12.4. The fourth-order valence-corrected chi connectivity index (χ4v) is 10.3. The predicted octanol–water partition coefficient (Wildman–Crippen LogP) is 2.50. The molecule has 8 heteroatoms. The molecule has 4 saturated carbocycles. The smallest absolute Gasteiger partial charge is 0.306 e. The zero-order valence-corrected chi connectivity index (χ0v) is 22.7. The van der Waals surface area contributed by atoms with Gasteiger partial charge in [0, 0.05) is 5.92 Å². The van der Waals surface area contributed by atoms with E-state index in [4.69, 9.17) is 19.9 Å². The van der Waals surface area contributed by atoms with Crippen molar-refractivity contribution in [3.8, 4) is 0 Å². The van der Waals surface area contributed by atoms with Crippen molar-refractivity contribution >= 4 is 5.97 Å². The number of cyclic esters (lactones) is 1. The third-order valence-corrected chi connectivity index (χ3v) is 12.6.